The summed E-state index contributed by atoms with van der Waals surface area (Å²) in [4.78, 5) is 10.7. The first-order valence-electron chi connectivity index (χ1n) is 10.1. The number of nitrogens with zero attached hydrogens (tertiary/aromatic N) is 2. The van der Waals surface area contributed by atoms with Crippen molar-refractivity contribution in [3.05, 3.63) is 71.4 Å². The van der Waals surface area contributed by atoms with Crippen LogP contribution in [0.15, 0.2) is 71.4 Å². The van der Waals surface area contributed by atoms with E-state index in [4.69, 9.17) is 0 Å². The van der Waals surface area contributed by atoms with E-state index in [1.165, 1.54) is 22.7 Å². The summed E-state index contributed by atoms with van der Waals surface area (Å²) in [6.45, 7) is 0. The van der Waals surface area contributed by atoms with Crippen LogP contribution < -0.4 is 10.2 Å². The SMILES string of the molecule is [O-]c1nc2cccc3c4c(-c5cccs5)c([O-])nc5cccc(c(c1-c1cccs1)c23)c54. The summed E-state index contributed by atoms with van der Waals surface area (Å²) in [7, 11) is 0. The van der Waals surface area contributed by atoms with Crippen molar-refractivity contribution in [2.24, 2.45) is 0 Å². The van der Waals surface area contributed by atoms with E-state index in [9.17, 15) is 10.2 Å². The van der Waals surface area contributed by atoms with E-state index in [0.717, 1.165) is 42.1 Å². The number of aromatic nitrogens is 2. The Bertz CT molecular complexity index is 1650. The van der Waals surface area contributed by atoms with Gasteiger partial charge >= 0.3 is 0 Å². The van der Waals surface area contributed by atoms with E-state index in [-0.39, 0.29) is 11.8 Å². The lowest BCUT2D eigenvalue weighted by molar-refractivity contribution is -0.274. The first kappa shape index (κ1) is 17.9. The van der Waals surface area contributed by atoms with E-state index >= 15 is 0 Å². The van der Waals surface area contributed by atoms with Gasteiger partial charge in [-0.3, -0.25) is 9.97 Å². The van der Waals surface area contributed by atoms with E-state index < -0.39 is 0 Å². The molecular formula is C26H12N2O2S2-2. The average Bonchev–Trinajstić information content (AvgIpc) is 3.50. The van der Waals surface area contributed by atoms with Crippen LogP contribution in [-0.2, 0) is 0 Å². The summed E-state index contributed by atoms with van der Waals surface area (Å²) >= 11 is 3.06. The Kier molecular flexibility index (Phi) is 3.57. The molecule has 32 heavy (non-hydrogen) atoms. The molecule has 0 radical (unpaired) electrons. The molecule has 0 bridgehead atoms. The third-order valence-corrected chi connectivity index (χ3v) is 7.81. The number of thiophene rings is 2. The molecule has 0 fully saturated rings. The molecule has 0 unspecified atom stereocenters. The van der Waals surface area contributed by atoms with Crippen molar-refractivity contribution in [3.63, 3.8) is 0 Å². The number of hydrogen-bond donors (Lipinski definition) is 0. The van der Waals surface area contributed by atoms with Crippen molar-refractivity contribution in [2.45, 2.75) is 0 Å². The minimum absolute atomic E-state index is 0.237. The lowest BCUT2D eigenvalue weighted by Crippen LogP contribution is -2.02. The van der Waals surface area contributed by atoms with Crippen LogP contribution in [0.25, 0.3) is 64.2 Å². The summed E-state index contributed by atoms with van der Waals surface area (Å²) in [5, 5.41) is 35.8. The monoisotopic (exact) mass is 448 g/mol. The summed E-state index contributed by atoms with van der Waals surface area (Å²) in [6.07, 6.45) is 0. The molecule has 0 amide bonds. The van der Waals surface area contributed by atoms with Crippen molar-refractivity contribution in [1.82, 2.24) is 9.97 Å². The van der Waals surface area contributed by atoms with Gasteiger partial charge in [-0.15, -0.1) is 22.7 Å². The van der Waals surface area contributed by atoms with Gasteiger partial charge in [-0.2, -0.15) is 0 Å². The molecule has 0 saturated carbocycles. The fraction of sp³-hybridized carbons (Fsp3) is 0. The summed E-state index contributed by atoms with van der Waals surface area (Å²) in [6, 6.07) is 19.4. The molecule has 152 valence electrons. The normalized spacial score (nSPS) is 12.0. The lowest BCUT2D eigenvalue weighted by Gasteiger charge is -2.23. The molecule has 0 saturated heterocycles. The lowest BCUT2D eigenvalue weighted by atomic mass is 9.88. The van der Waals surface area contributed by atoms with Crippen LogP contribution in [0.1, 0.15) is 0 Å². The molecule has 0 N–H and O–H groups in total. The van der Waals surface area contributed by atoms with Crippen molar-refractivity contribution < 1.29 is 10.2 Å². The minimum Gasteiger partial charge on any atom is -0.858 e. The number of benzene rings is 3. The largest absolute Gasteiger partial charge is 0.858 e. The highest BCUT2D eigenvalue weighted by molar-refractivity contribution is 7.14. The fourth-order valence-electron chi connectivity index (χ4n) is 4.84. The maximum atomic E-state index is 13.2. The van der Waals surface area contributed by atoms with Gasteiger partial charge in [0, 0.05) is 42.4 Å². The van der Waals surface area contributed by atoms with Crippen LogP contribution in [0.4, 0.5) is 0 Å². The average molecular weight is 449 g/mol. The molecule has 0 aliphatic heterocycles. The molecule has 0 aliphatic rings. The highest BCUT2D eigenvalue weighted by atomic mass is 32.1. The second-order valence-electron chi connectivity index (χ2n) is 7.69. The second kappa shape index (κ2) is 6.38. The van der Waals surface area contributed by atoms with E-state index in [2.05, 4.69) is 9.97 Å². The first-order chi connectivity index (χ1) is 15.7. The van der Waals surface area contributed by atoms with Gasteiger partial charge in [0.15, 0.2) is 0 Å². The fourth-order valence-corrected chi connectivity index (χ4v) is 6.38. The Morgan fingerprint density at radius 2 is 1.00 bits per heavy atom. The van der Waals surface area contributed by atoms with Crippen LogP contribution in [-0.4, -0.2) is 9.97 Å². The Morgan fingerprint density at radius 3 is 1.41 bits per heavy atom. The topological polar surface area (TPSA) is 71.9 Å². The predicted molar refractivity (Wildman–Crippen MR) is 129 cm³/mol. The molecular weight excluding hydrogens is 436 g/mol. The Balaban J connectivity index is 1.86. The third kappa shape index (κ3) is 2.25. The molecule has 0 aliphatic carbocycles. The van der Waals surface area contributed by atoms with Crippen LogP contribution in [0.3, 0.4) is 0 Å². The van der Waals surface area contributed by atoms with E-state index in [1.54, 1.807) is 0 Å². The molecule has 7 aromatic rings. The van der Waals surface area contributed by atoms with Gasteiger partial charge < -0.3 is 10.2 Å². The van der Waals surface area contributed by atoms with E-state index in [1.807, 2.05) is 71.4 Å². The number of hydrogen-bond acceptors (Lipinski definition) is 6. The van der Waals surface area contributed by atoms with Crippen LogP contribution in [0.2, 0.25) is 0 Å². The van der Waals surface area contributed by atoms with Crippen molar-refractivity contribution in [1.29, 1.82) is 0 Å². The molecule has 0 spiro atoms. The molecule has 4 aromatic heterocycles. The van der Waals surface area contributed by atoms with Crippen LogP contribution >= 0.6 is 22.7 Å². The van der Waals surface area contributed by atoms with Gasteiger partial charge in [0.1, 0.15) is 0 Å². The van der Waals surface area contributed by atoms with E-state index in [0.29, 0.717) is 22.2 Å². The molecule has 0 atom stereocenters. The zero-order valence-electron chi connectivity index (χ0n) is 16.5. The third-order valence-electron chi connectivity index (χ3n) is 6.03. The zero-order valence-corrected chi connectivity index (χ0v) is 18.1. The number of pyridine rings is 2. The highest BCUT2D eigenvalue weighted by Gasteiger charge is 2.21. The molecule has 4 heterocycles. The summed E-state index contributed by atoms with van der Waals surface area (Å²) in [5.41, 5.74) is 2.52. The summed E-state index contributed by atoms with van der Waals surface area (Å²) < 4.78 is 0. The number of fused-ring (bicyclic) bond motifs is 2. The quantitative estimate of drug-likeness (QED) is 0.236. The standard InChI is InChI=1S/C26H14N2O2S2/c29-25-24(18-10-4-12-32-18)22-14-6-2-8-16-20(14)21(13-5-1-7-15(27-25)19(13)22)23(26(30)28-16)17-9-3-11-31-17/h1-12H,(H,27,29)(H,28,30)/p-2. The zero-order chi connectivity index (χ0) is 21.4. The van der Waals surface area contributed by atoms with Gasteiger partial charge in [0.05, 0.1) is 11.0 Å². The highest BCUT2D eigenvalue weighted by Crippen LogP contribution is 2.50. The van der Waals surface area contributed by atoms with Crippen molar-refractivity contribution >= 4 is 66.0 Å². The van der Waals surface area contributed by atoms with Gasteiger partial charge in [-0.05, 0) is 57.6 Å². The van der Waals surface area contributed by atoms with Gasteiger partial charge in [-0.1, -0.05) is 36.4 Å². The van der Waals surface area contributed by atoms with Gasteiger partial charge in [0.2, 0.25) is 0 Å². The van der Waals surface area contributed by atoms with Crippen LogP contribution in [0.5, 0.6) is 11.8 Å². The molecule has 6 heteroatoms. The van der Waals surface area contributed by atoms with Gasteiger partial charge in [-0.25, -0.2) is 0 Å². The molecule has 3 aromatic carbocycles. The van der Waals surface area contributed by atoms with Crippen molar-refractivity contribution in [3.8, 4) is 32.6 Å². The first-order valence-corrected chi connectivity index (χ1v) is 11.8. The Morgan fingerprint density at radius 1 is 0.531 bits per heavy atom. The summed E-state index contributed by atoms with van der Waals surface area (Å²) in [5.74, 6) is -0.473. The maximum Gasteiger partial charge on any atom is 0.0707 e. The minimum atomic E-state index is -0.237. The predicted octanol–water partition coefficient (Wildman–Crippen LogP) is 6.13. The Hall–Kier alpha value is -3.74. The van der Waals surface area contributed by atoms with Gasteiger partial charge in [0.25, 0.3) is 0 Å². The van der Waals surface area contributed by atoms with Crippen LogP contribution in [0, 0.1) is 0 Å². The number of rotatable bonds is 2. The van der Waals surface area contributed by atoms with Crippen molar-refractivity contribution in [2.75, 3.05) is 0 Å². The second-order valence-corrected chi connectivity index (χ2v) is 9.58. The molecule has 4 nitrogen and oxygen atoms in total. The maximum absolute atomic E-state index is 13.2. The molecule has 7 rings (SSSR count). The smallest absolute Gasteiger partial charge is 0.0707 e. The Labute approximate surface area is 190 Å².